The predicted octanol–water partition coefficient (Wildman–Crippen LogP) is 2.34. The minimum atomic E-state index is -0.105. The topological polar surface area (TPSA) is 55.8 Å². The molecule has 1 N–H and O–H groups in total. The third kappa shape index (κ3) is 2.47. The van der Waals surface area contributed by atoms with Gasteiger partial charge < -0.3 is 14.6 Å². The number of ether oxygens (including phenoxy) is 2. The van der Waals surface area contributed by atoms with E-state index in [4.69, 9.17) is 21.1 Å². The Balaban J connectivity index is 2.53. The Morgan fingerprint density at radius 2 is 2.18 bits per heavy atom. The predicted molar refractivity (Wildman–Crippen MR) is 63.1 cm³/mol. The summed E-state index contributed by atoms with van der Waals surface area (Å²) in [7, 11) is 0. The van der Waals surface area contributed by atoms with Gasteiger partial charge in [0.05, 0.1) is 18.2 Å². The van der Waals surface area contributed by atoms with Gasteiger partial charge in [-0.2, -0.15) is 0 Å². The van der Waals surface area contributed by atoms with Crippen molar-refractivity contribution in [2.45, 2.75) is 19.8 Å². The molecule has 1 aromatic rings. The van der Waals surface area contributed by atoms with Crippen LogP contribution in [0.1, 0.15) is 18.9 Å². The molecule has 0 radical (unpaired) electrons. The summed E-state index contributed by atoms with van der Waals surface area (Å²) >= 11 is 5.89. The van der Waals surface area contributed by atoms with Gasteiger partial charge in [0.25, 0.3) is 0 Å². The first-order chi connectivity index (χ1) is 8.09. The molecule has 0 saturated heterocycles. The molecule has 1 aromatic carbocycles. The summed E-state index contributed by atoms with van der Waals surface area (Å²) in [6.45, 7) is 2.48. The number of hydrogen-bond acceptors (Lipinski definition) is 4. The lowest BCUT2D eigenvalue weighted by Gasteiger charge is -2.14. The number of fused-ring (bicyclic) bond motifs is 1. The highest BCUT2D eigenvalue weighted by Crippen LogP contribution is 2.43. The number of phenols is 1. The van der Waals surface area contributed by atoms with Crippen molar-refractivity contribution in [3.8, 4) is 17.2 Å². The van der Waals surface area contributed by atoms with Gasteiger partial charge >= 0.3 is 0 Å². The van der Waals surface area contributed by atoms with Crippen LogP contribution in [0.15, 0.2) is 6.07 Å². The second-order valence-electron chi connectivity index (χ2n) is 3.94. The van der Waals surface area contributed by atoms with Gasteiger partial charge in [0.2, 0.25) is 0 Å². The molecule has 0 amide bonds. The quantitative estimate of drug-likeness (QED) is 0.882. The Bertz CT molecular complexity index is 456. The van der Waals surface area contributed by atoms with Crippen LogP contribution in [0.25, 0.3) is 0 Å². The maximum Gasteiger partial charge on any atom is 0.168 e. The molecular weight excluding hydrogens is 244 g/mol. The Morgan fingerprint density at radius 1 is 1.47 bits per heavy atom. The Labute approximate surface area is 104 Å². The van der Waals surface area contributed by atoms with Gasteiger partial charge in [-0.25, -0.2) is 0 Å². The molecule has 0 fully saturated rings. The molecule has 0 atom stereocenters. The Hall–Kier alpha value is -1.42. The summed E-state index contributed by atoms with van der Waals surface area (Å²) in [4.78, 5) is 11.2. The molecule has 1 aliphatic rings. The van der Waals surface area contributed by atoms with Crippen molar-refractivity contribution in [3.05, 3.63) is 16.7 Å². The largest absolute Gasteiger partial charge is 0.506 e. The van der Waals surface area contributed by atoms with Crippen molar-refractivity contribution < 1.29 is 19.4 Å². The average molecular weight is 257 g/mol. The molecule has 0 aliphatic carbocycles. The van der Waals surface area contributed by atoms with Gasteiger partial charge in [-0.3, -0.25) is 4.79 Å². The SMILES string of the molecule is CC(=O)Cc1c(O)c(Cl)cc2c1OCCCO2. The third-order valence-electron chi connectivity index (χ3n) is 2.49. The van der Waals surface area contributed by atoms with Crippen molar-refractivity contribution in [1.82, 2.24) is 0 Å². The number of hydrogen-bond donors (Lipinski definition) is 1. The van der Waals surface area contributed by atoms with Crippen LogP contribution in [0.5, 0.6) is 17.2 Å². The number of halogens is 1. The first-order valence-electron chi connectivity index (χ1n) is 5.39. The maximum absolute atomic E-state index is 11.2. The van der Waals surface area contributed by atoms with Gasteiger partial charge in [0, 0.05) is 24.5 Å². The summed E-state index contributed by atoms with van der Waals surface area (Å²) in [5.41, 5.74) is 0.405. The van der Waals surface area contributed by atoms with E-state index in [9.17, 15) is 9.90 Å². The molecule has 2 rings (SSSR count). The zero-order chi connectivity index (χ0) is 12.4. The summed E-state index contributed by atoms with van der Waals surface area (Å²) in [6, 6.07) is 1.52. The number of aromatic hydroxyl groups is 1. The molecule has 92 valence electrons. The third-order valence-corrected chi connectivity index (χ3v) is 2.77. The minimum Gasteiger partial charge on any atom is -0.506 e. The van der Waals surface area contributed by atoms with Gasteiger partial charge in [-0.15, -0.1) is 0 Å². The minimum absolute atomic E-state index is 0.0717. The fraction of sp³-hybridized carbons (Fsp3) is 0.417. The lowest BCUT2D eigenvalue weighted by molar-refractivity contribution is -0.116. The molecule has 0 spiro atoms. The van der Waals surface area contributed by atoms with Crippen LogP contribution in [-0.4, -0.2) is 24.1 Å². The maximum atomic E-state index is 11.2. The first-order valence-corrected chi connectivity index (χ1v) is 5.76. The zero-order valence-electron chi connectivity index (χ0n) is 9.46. The van der Waals surface area contributed by atoms with Crippen LogP contribution in [0, 0.1) is 0 Å². The summed E-state index contributed by atoms with van der Waals surface area (Å²) < 4.78 is 11.0. The molecular formula is C12H13ClO4. The highest BCUT2D eigenvalue weighted by molar-refractivity contribution is 6.32. The summed E-state index contributed by atoms with van der Waals surface area (Å²) in [5, 5.41) is 10.0. The number of Topliss-reactive ketones (excluding diaryl/α,β-unsaturated/α-hetero) is 1. The van der Waals surface area contributed by atoms with E-state index >= 15 is 0 Å². The van der Waals surface area contributed by atoms with Crippen LogP contribution in [0.4, 0.5) is 0 Å². The van der Waals surface area contributed by atoms with E-state index in [-0.39, 0.29) is 23.0 Å². The van der Waals surface area contributed by atoms with Gasteiger partial charge in [0.15, 0.2) is 11.5 Å². The van der Waals surface area contributed by atoms with Crippen molar-refractivity contribution in [1.29, 1.82) is 0 Å². The molecule has 1 aliphatic heterocycles. The summed E-state index contributed by atoms with van der Waals surface area (Å²) in [6.07, 6.45) is 0.838. The molecule has 0 unspecified atom stereocenters. The van der Waals surface area contributed by atoms with Crippen molar-refractivity contribution >= 4 is 17.4 Å². The van der Waals surface area contributed by atoms with Crippen LogP contribution >= 0.6 is 11.6 Å². The second-order valence-corrected chi connectivity index (χ2v) is 4.35. The number of carbonyl (C=O) groups excluding carboxylic acids is 1. The lowest BCUT2D eigenvalue weighted by atomic mass is 10.1. The number of rotatable bonds is 2. The summed E-state index contributed by atoms with van der Waals surface area (Å²) in [5.74, 6) is 0.741. The highest BCUT2D eigenvalue weighted by Gasteiger charge is 2.22. The standard InChI is InChI=1S/C12H13ClO4/c1-7(14)5-8-11(15)9(13)6-10-12(8)17-4-2-3-16-10/h6,15H,2-5H2,1H3. The van der Waals surface area contributed by atoms with Gasteiger partial charge in [0.1, 0.15) is 11.5 Å². The fourth-order valence-electron chi connectivity index (χ4n) is 1.74. The Kier molecular flexibility index (Phi) is 3.43. The Morgan fingerprint density at radius 3 is 2.88 bits per heavy atom. The average Bonchev–Trinajstić information content (AvgIpc) is 2.49. The van der Waals surface area contributed by atoms with E-state index in [2.05, 4.69) is 0 Å². The number of phenolic OH excluding ortho intramolecular Hbond substituents is 1. The van der Waals surface area contributed by atoms with E-state index in [0.717, 1.165) is 6.42 Å². The van der Waals surface area contributed by atoms with Gasteiger partial charge in [-0.05, 0) is 6.92 Å². The lowest BCUT2D eigenvalue weighted by Crippen LogP contribution is -2.03. The molecule has 0 aromatic heterocycles. The monoisotopic (exact) mass is 256 g/mol. The van der Waals surface area contributed by atoms with Crippen molar-refractivity contribution in [2.75, 3.05) is 13.2 Å². The molecule has 5 heteroatoms. The van der Waals surface area contributed by atoms with E-state index in [0.29, 0.717) is 30.3 Å². The number of ketones is 1. The molecule has 0 bridgehead atoms. The normalized spacial score (nSPS) is 14.2. The van der Waals surface area contributed by atoms with Gasteiger partial charge in [-0.1, -0.05) is 11.6 Å². The zero-order valence-corrected chi connectivity index (χ0v) is 10.2. The van der Waals surface area contributed by atoms with Crippen molar-refractivity contribution in [3.63, 3.8) is 0 Å². The van der Waals surface area contributed by atoms with Crippen LogP contribution < -0.4 is 9.47 Å². The first kappa shape index (κ1) is 12.0. The second kappa shape index (κ2) is 4.84. The molecule has 4 nitrogen and oxygen atoms in total. The highest BCUT2D eigenvalue weighted by atomic mass is 35.5. The van der Waals surface area contributed by atoms with E-state index in [1.165, 1.54) is 13.0 Å². The van der Waals surface area contributed by atoms with Crippen LogP contribution in [-0.2, 0) is 11.2 Å². The molecule has 0 saturated carbocycles. The van der Waals surface area contributed by atoms with Crippen LogP contribution in [0.2, 0.25) is 5.02 Å². The van der Waals surface area contributed by atoms with E-state index in [1.54, 1.807) is 0 Å². The smallest absolute Gasteiger partial charge is 0.168 e. The van der Waals surface area contributed by atoms with Crippen LogP contribution in [0.3, 0.4) is 0 Å². The van der Waals surface area contributed by atoms with E-state index in [1.807, 2.05) is 0 Å². The van der Waals surface area contributed by atoms with E-state index < -0.39 is 0 Å². The number of carbonyl (C=O) groups is 1. The molecule has 17 heavy (non-hydrogen) atoms. The number of benzene rings is 1. The van der Waals surface area contributed by atoms with Crippen molar-refractivity contribution in [2.24, 2.45) is 0 Å². The fourth-order valence-corrected chi connectivity index (χ4v) is 1.96. The molecule has 1 heterocycles.